The van der Waals surface area contributed by atoms with Crippen molar-refractivity contribution in [1.29, 1.82) is 0 Å². The van der Waals surface area contributed by atoms with Crippen LogP contribution in [0.5, 0.6) is 0 Å². The lowest BCUT2D eigenvalue weighted by atomic mass is 10.2. The zero-order chi connectivity index (χ0) is 10.8. The van der Waals surface area contributed by atoms with Crippen molar-refractivity contribution in [3.05, 3.63) is 24.0 Å². The maximum Gasteiger partial charge on any atom is 0.189 e. The van der Waals surface area contributed by atoms with Crippen LogP contribution in [0.15, 0.2) is 29.0 Å². The molecule has 0 heterocycles. The van der Waals surface area contributed by atoms with Gasteiger partial charge in [0.15, 0.2) is 5.78 Å². The Morgan fingerprint density at radius 1 is 1.50 bits per heavy atom. The molecule has 0 aromatic rings. The van der Waals surface area contributed by atoms with Gasteiger partial charge >= 0.3 is 0 Å². The van der Waals surface area contributed by atoms with Crippen LogP contribution in [0, 0.1) is 0 Å². The van der Waals surface area contributed by atoms with E-state index in [1.165, 1.54) is 12.2 Å². The van der Waals surface area contributed by atoms with Gasteiger partial charge in [0.1, 0.15) is 13.3 Å². The SMILES string of the molecule is O=C(CO)C(/C=N\CCF)=C/C=C/O. The summed E-state index contributed by atoms with van der Waals surface area (Å²) in [5, 5.41) is 16.9. The molecule has 0 radical (unpaired) electrons. The van der Waals surface area contributed by atoms with E-state index in [9.17, 15) is 9.18 Å². The molecule has 2 N–H and O–H groups in total. The molecule has 0 saturated carbocycles. The molecular weight excluding hydrogens is 189 g/mol. The number of aliphatic hydroxyl groups excluding tert-OH is 2. The number of hydrogen-bond donors (Lipinski definition) is 2. The molecule has 0 fully saturated rings. The fourth-order valence-electron chi connectivity index (χ4n) is 0.658. The molecule has 14 heavy (non-hydrogen) atoms. The first-order chi connectivity index (χ1) is 6.76. The van der Waals surface area contributed by atoms with Gasteiger partial charge in [0.05, 0.1) is 12.8 Å². The third kappa shape index (κ3) is 5.21. The van der Waals surface area contributed by atoms with Crippen LogP contribution < -0.4 is 0 Å². The fraction of sp³-hybridized carbons (Fsp3) is 0.333. The number of alkyl halides is 1. The first-order valence-electron chi connectivity index (χ1n) is 3.97. The zero-order valence-corrected chi connectivity index (χ0v) is 7.56. The minimum atomic E-state index is -0.646. The quantitative estimate of drug-likeness (QED) is 0.286. The number of carbonyl (C=O) groups is 1. The maximum atomic E-state index is 11.7. The van der Waals surface area contributed by atoms with Crippen LogP contribution in [0.25, 0.3) is 0 Å². The van der Waals surface area contributed by atoms with Gasteiger partial charge in [-0.25, -0.2) is 4.39 Å². The van der Waals surface area contributed by atoms with Crippen molar-refractivity contribution in [3.8, 4) is 0 Å². The Morgan fingerprint density at radius 2 is 2.21 bits per heavy atom. The molecule has 0 aliphatic rings. The normalized spacial score (nSPS) is 12.9. The number of Topliss-reactive ketones (excluding diaryl/α,β-unsaturated/α-hetero) is 1. The number of ketones is 1. The summed E-state index contributed by atoms with van der Waals surface area (Å²) >= 11 is 0. The van der Waals surface area contributed by atoms with Gasteiger partial charge in [-0.3, -0.25) is 9.79 Å². The first kappa shape index (κ1) is 12.5. The Hall–Kier alpha value is -1.49. The summed E-state index contributed by atoms with van der Waals surface area (Å²) in [5.41, 5.74) is 0.117. The van der Waals surface area contributed by atoms with Crippen molar-refractivity contribution in [2.75, 3.05) is 19.8 Å². The van der Waals surface area contributed by atoms with E-state index in [0.29, 0.717) is 0 Å². The summed E-state index contributed by atoms with van der Waals surface area (Å²) in [6.45, 7) is -1.28. The second kappa shape index (κ2) is 8.12. The molecular formula is C9H12FNO3. The number of rotatable bonds is 6. The van der Waals surface area contributed by atoms with E-state index in [2.05, 4.69) is 4.99 Å². The summed E-state index contributed by atoms with van der Waals surface area (Å²) in [4.78, 5) is 14.6. The minimum absolute atomic E-state index is 0.0289. The average Bonchev–Trinajstić information content (AvgIpc) is 2.22. The van der Waals surface area contributed by atoms with Gasteiger partial charge in [-0.15, -0.1) is 0 Å². The Bertz CT molecular complexity index is 259. The first-order valence-corrected chi connectivity index (χ1v) is 3.97. The molecule has 0 amide bonds. The summed E-state index contributed by atoms with van der Waals surface area (Å²) in [6, 6.07) is 0. The summed E-state index contributed by atoms with van der Waals surface area (Å²) < 4.78 is 11.7. The van der Waals surface area contributed by atoms with Gasteiger partial charge in [-0.1, -0.05) is 0 Å². The molecule has 0 aromatic carbocycles. The summed E-state index contributed by atoms with van der Waals surface area (Å²) in [7, 11) is 0. The topological polar surface area (TPSA) is 69.9 Å². The van der Waals surface area contributed by atoms with Crippen molar-refractivity contribution >= 4 is 12.0 Å². The van der Waals surface area contributed by atoms with E-state index in [1.54, 1.807) is 0 Å². The predicted molar refractivity (Wildman–Crippen MR) is 51.3 cm³/mol. The fourth-order valence-corrected chi connectivity index (χ4v) is 0.658. The lowest BCUT2D eigenvalue weighted by Crippen LogP contribution is -2.08. The monoisotopic (exact) mass is 201 g/mol. The van der Waals surface area contributed by atoms with Gasteiger partial charge < -0.3 is 10.2 Å². The van der Waals surface area contributed by atoms with Gasteiger partial charge in [0, 0.05) is 11.8 Å². The molecule has 0 aliphatic heterocycles. The van der Waals surface area contributed by atoms with Crippen LogP contribution in [0.1, 0.15) is 0 Å². The molecule has 0 aliphatic carbocycles. The van der Waals surface area contributed by atoms with E-state index in [4.69, 9.17) is 10.2 Å². The average molecular weight is 201 g/mol. The van der Waals surface area contributed by atoms with Crippen LogP contribution >= 0.6 is 0 Å². The molecule has 5 heteroatoms. The Kier molecular flexibility index (Phi) is 7.26. The third-order valence-corrected chi connectivity index (χ3v) is 1.27. The molecule has 0 rings (SSSR count). The number of nitrogens with zero attached hydrogens (tertiary/aromatic N) is 1. The van der Waals surface area contributed by atoms with Gasteiger partial charge in [0.25, 0.3) is 0 Å². The largest absolute Gasteiger partial charge is 0.516 e. The van der Waals surface area contributed by atoms with Crippen molar-refractivity contribution in [2.24, 2.45) is 4.99 Å². The second-order valence-corrected chi connectivity index (χ2v) is 2.27. The van der Waals surface area contributed by atoms with Gasteiger partial charge in [-0.2, -0.15) is 0 Å². The second-order valence-electron chi connectivity index (χ2n) is 2.27. The molecule has 4 nitrogen and oxygen atoms in total. The van der Waals surface area contributed by atoms with Crippen molar-refractivity contribution in [3.63, 3.8) is 0 Å². The molecule has 0 atom stereocenters. The third-order valence-electron chi connectivity index (χ3n) is 1.27. The highest BCUT2D eigenvalue weighted by Crippen LogP contribution is 1.94. The highest BCUT2D eigenvalue weighted by atomic mass is 19.1. The standard InChI is InChI=1S/C9H12FNO3/c10-3-4-11-6-8(2-1-5-12)9(14)7-13/h1-2,5-6,12-13H,3-4,7H2/b5-1+,8-2+,11-6-. The lowest BCUT2D eigenvalue weighted by molar-refractivity contribution is -0.117. The number of carbonyl (C=O) groups excluding carboxylic acids is 1. The smallest absolute Gasteiger partial charge is 0.189 e. The Morgan fingerprint density at radius 3 is 2.71 bits per heavy atom. The maximum absolute atomic E-state index is 11.7. The molecule has 0 unspecified atom stereocenters. The van der Waals surface area contributed by atoms with E-state index < -0.39 is 19.1 Å². The van der Waals surface area contributed by atoms with Crippen LogP contribution in [0.2, 0.25) is 0 Å². The van der Waals surface area contributed by atoms with Crippen LogP contribution in [-0.4, -0.2) is 42.0 Å². The predicted octanol–water partition coefficient (Wildman–Crippen LogP) is 0.586. The van der Waals surface area contributed by atoms with Crippen molar-refractivity contribution < 1.29 is 19.4 Å². The van der Waals surface area contributed by atoms with E-state index in [0.717, 1.165) is 12.5 Å². The zero-order valence-electron chi connectivity index (χ0n) is 7.56. The molecule has 0 aromatic heterocycles. The van der Waals surface area contributed by atoms with E-state index in [1.807, 2.05) is 0 Å². The summed E-state index contributed by atoms with van der Waals surface area (Å²) in [6.07, 6.45) is 4.40. The Labute approximate surface area is 81.1 Å². The number of allylic oxidation sites excluding steroid dienone is 2. The van der Waals surface area contributed by atoms with Gasteiger partial charge in [-0.05, 0) is 12.2 Å². The number of aliphatic hydroxyl groups is 2. The minimum Gasteiger partial charge on any atom is -0.516 e. The highest BCUT2D eigenvalue weighted by molar-refractivity contribution is 6.14. The number of aliphatic imine (C=N–C) groups is 1. The van der Waals surface area contributed by atoms with Crippen LogP contribution in [0.4, 0.5) is 4.39 Å². The van der Waals surface area contributed by atoms with E-state index in [-0.39, 0.29) is 12.1 Å². The summed E-state index contributed by atoms with van der Waals surface area (Å²) in [5.74, 6) is -0.536. The molecule has 78 valence electrons. The molecule has 0 saturated heterocycles. The van der Waals surface area contributed by atoms with Crippen molar-refractivity contribution in [2.45, 2.75) is 0 Å². The van der Waals surface area contributed by atoms with Crippen LogP contribution in [-0.2, 0) is 4.79 Å². The van der Waals surface area contributed by atoms with Crippen molar-refractivity contribution in [1.82, 2.24) is 0 Å². The van der Waals surface area contributed by atoms with Gasteiger partial charge in [0.2, 0.25) is 0 Å². The number of hydrogen-bond acceptors (Lipinski definition) is 4. The van der Waals surface area contributed by atoms with E-state index >= 15 is 0 Å². The van der Waals surface area contributed by atoms with Crippen LogP contribution in [0.3, 0.4) is 0 Å². The number of halogens is 1. The molecule has 0 spiro atoms. The lowest BCUT2D eigenvalue weighted by Gasteiger charge is -1.95. The Balaban J connectivity index is 4.48. The highest BCUT2D eigenvalue weighted by Gasteiger charge is 2.03. The molecule has 0 bridgehead atoms.